The first-order chi connectivity index (χ1) is 13.4. The zero-order valence-corrected chi connectivity index (χ0v) is 14.9. The van der Waals surface area contributed by atoms with Crippen LogP contribution in [0.15, 0.2) is 48.0 Å². The second kappa shape index (κ2) is 7.91. The van der Waals surface area contributed by atoms with E-state index in [1.165, 1.54) is 48.5 Å². The highest BCUT2D eigenvalue weighted by Crippen LogP contribution is 2.28. The fourth-order valence-corrected chi connectivity index (χ4v) is 2.67. The topological polar surface area (TPSA) is 95.9 Å². The summed E-state index contributed by atoms with van der Waals surface area (Å²) in [5.74, 6) is -1.90. The highest BCUT2D eigenvalue weighted by molar-refractivity contribution is 6.30. The minimum Gasteiger partial charge on any atom is -0.504 e. The van der Waals surface area contributed by atoms with E-state index in [-0.39, 0.29) is 23.6 Å². The van der Waals surface area contributed by atoms with Crippen molar-refractivity contribution < 1.29 is 28.6 Å². The average molecular weight is 384 g/mol. The number of imide groups is 2. The molecule has 0 spiro atoms. The molecule has 28 heavy (non-hydrogen) atoms. The second-order valence-corrected chi connectivity index (χ2v) is 6.00. The number of halogens is 1. The number of amides is 4. The van der Waals surface area contributed by atoms with Crippen LogP contribution in [0.4, 0.5) is 9.18 Å². The number of barbiturate groups is 1. The molecule has 0 unspecified atom stereocenters. The van der Waals surface area contributed by atoms with Gasteiger partial charge in [-0.15, -0.1) is 0 Å². The van der Waals surface area contributed by atoms with Gasteiger partial charge in [0.2, 0.25) is 0 Å². The molecule has 0 aromatic heterocycles. The van der Waals surface area contributed by atoms with Gasteiger partial charge in [-0.2, -0.15) is 0 Å². The lowest BCUT2D eigenvalue weighted by molar-refractivity contribution is -0.130. The van der Waals surface area contributed by atoms with Crippen LogP contribution in [0.3, 0.4) is 0 Å². The molecule has 0 aliphatic carbocycles. The third kappa shape index (κ3) is 4.01. The number of aromatic hydroxyl groups is 1. The van der Waals surface area contributed by atoms with E-state index in [0.29, 0.717) is 17.7 Å². The van der Waals surface area contributed by atoms with Crippen molar-refractivity contribution in [1.29, 1.82) is 0 Å². The molecule has 0 atom stereocenters. The summed E-state index contributed by atoms with van der Waals surface area (Å²) in [7, 11) is 0. The van der Waals surface area contributed by atoms with E-state index in [0.717, 1.165) is 4.90 Å². The molecule has 8 heteroatoms. The Labute approximate surface area is 160 Å². The van der Waals surface area contributed by atoms with Gasteiger partial charge in [-0.25, -0.2) is 9.18 Å². The van der Waals surface area contributed by atoms with Gasteiger partial charge in [0.15, 0.2) is 11.5 Å². The zero-order chi connectivity index (χ0) is 20.3. The fourth-order valence-electron chi connectivity index (χ4n) is 2.67. The van der Waals surface area contributed by atoms with Crippen molar-refractivity contribution in [1.82, 2.24) is 10.2 Å². The number of benzene rings is 2. The standard InChI is InChI=1S/C20H17FN2O5/c1-2-28-17-10-13(5-8-16(17)24)9-15-18(25)22-20(27)23(19(15)26)11-12-3-6-14(21)7-4-12/h3-10,24H,2,11H2,1H3,(H,22,25,27). The first-order valence-corrected chi connectivity index (χ1v) is 8.48. The van der Waals surface area contributed by atoms with Gasteiger partial charge in [-0.1, -0.05) is 18.2 Å². The molecule has 4 amide bonds. The molecule has 2 N–H and O–H groups in total. The summed E-state index contributed by atoms with van der Waals surface area (Å²) in [6.07, 6.45) is 1.31. The summed E-state index contributed by atoms with van der Waals surface area (Å²) in [6.45, 7) is 1.96. The maximum Gasteiger partial charge on any atom is 0.331 e. The van der Waals surface area contributed by atoms with Crippen molar-refractivity contribution in [2.45, 2.75) is 13.5 Å². The van der Waals surface area contributed by atoms with Gasteiger partial charge in [0, 0.05) is 0 Å². The van der Waals surface area contributed by atoms with Crippen LogP contribution in [0.2, 0.25) is 0 Å². The molecule has 1 aliphatic rings. The molecule has 2 aromatic carbocycles. The summed E-state index contributed by atoms with van der Waals surface area (Å²) < 4.78 is 18.3. The Morgan fingerprint density at radius 3 is 2.54 bits per heavy atom. The van der Waals surface area contributed by atoms with Gasteiger partial charge >= 0.3 is 6.03 Å². The van der Waals surface area contributed by atoms with E-state index in [4.69, 9.17) is 4.74 Å². The first kappa shape index (κ1) is 19.1. The number of phenols is 1. The summed E-state index contributed by atoms with van der Waals surface area (Å²) >= 11 is 0. The summed E-state index contributed by atoms with van der Waals surface area (Å²) in [4.78, 5) is 37.8. The summed E-state index contributed by atoms with van der Waals surface area (Å²) in [5, 5.41) is 11.9. The number of carbonyl (C=O) groups is 3. The summed E-state index contributed by atoms with van der Waals surface area (Å²) in [6, 6.07) is 8.85. The van der Waals surface area contributed by atoms with E-state index in [9.17, 15) is 23.9 Å². The lowest BCUT2D eigenvalue weighted by Gasteiger charge is -2.26. The number of phenolic OH excluding ortho intramolecular Hbond substituents is 1. The maximum atomic E-state index is 13.0. The molecular weight excluding hydrogens is 367 g/mol. The molecule has 7 nitrogen and oxygen atoms in total. The van der Waals surface area contributed by atoms with Crippen molar-refractivity contribution in [3.05, 3.63) is 65.0 Å². The largest absolute Gasteiger partial charge is 0.504 e. The molecule has 0 bridgehead atoms. The molecule has 1 aliphatic heterocycles. The minimum atomic E-state index is -0.850. The molecular formula is C20H17FN2O5. The molecule has 1 heterocycles. The Balaban J connectivity index is 1.90. The van der Waals surface area contributed by atoms with Crippen molar-refractivity contribution in [2.75, 3.05) is 6.61 Å². The number of hydrogen-bond donors (Lipinski definition) is 2. The predicted octanol–water partition coefficient (Wildman–Crippen LogP) is 2.59. The number of ether oxygens (including phenoxy) is 1. The lowest BCUT2D eigenvalue weighted by Crippen LogP contribution is -2.53. The van der Waals surface area contributed by atoms with Crippen molar-refractivity contribution in [3.8, 4) is 11.5 Å². The van der Waals surface area contributed by atoms with Crippen LogP contribution in [0, 0.1) is 5.82 Å². The Morgan fingerprint density at radius 2 is 1.86 bits per heavy atom. The highest BCUT2D eigenvalue weighted by Gasteiger charge is 2.35. The number of rotatable bonds is 5. The van der Waals surface area contributed by atoms with E-state index in [1.807, 2.05) is 0 Å². The average Bonchev–Trinajstić information content (AvgIpc) is 2.66. The monoisotopic (exact) mass is 384 g/mol. The van der Waals surface area contributed by atoms with Gasteiger partial charge in [0.25, 0.3) is 11.8 Å². The third-order valence-corrected chi connectivity index (χ3v) is 4.03. The predicted molar refractivity (Wildman–Crippen MR) is 97.7 cm³/mol. The van der Waals surface area contributed by atoms with Crippen LogP contribution in [0.1, 0.15) is 18.1 Å². The van der Waals surface area contributed by atoms with Crippen LogP contribution in [0.25, 0.3) is 6.08 Å². The van der Waals surface area contributed by atoms with Gasteiger partial charge in [-0.05, 0) is 48.4 Å². The SMILES string of the molecule is CCOc1cc(C=C2C(=O)NC(=O)N(Cc3ccc(F)cc3)C2=O)ccc1O. The van der Waals surface area contributed by atoms with Crippen LogP contribution in [-0.2, 0) is 16.1 Å². The first-order valence-electron chi connectivity index (χ1n) is 8.48. The van der Waals surface area contributed by atoms with E-state index in [1.54, 1.807) is 6.92 Å². The Bertz CT molecular complexity index is 969. The maximum absolute atomic E-state index is 13.0. The van der Waals surface area contributed by atoms with E-state index < -0.39 is 23.7 Å². The third-order valence-electron chi connectivity index (χ3n) is 4.03. The number of nitrogens with zero attached hydrogens (tertiary/aromatic N) is 1. The van der Waals surface area contributed by atoms with Crippen LogP contribution in [0.5, 0.6) is 11.5 Å². The number of nitrogens with one attached hydrogen (secondary N) is 1. The second-order valence-electron chi connectivity index (χ2n) is 6.00. The summed E-state index contributed by atoms with van der Waals surface area (Å²) in [5.41, 5.74) is 0.729. The molecule has 1 saturated heterocycles. The van der Waals surface area contributed by atoms with Gasteiger partial charge in [-0.3, -0.25) is 19.8 Å². The lowest BCUT2D eigenvalue weighted by atomic mass is 10.1. The Hall–Kier alpha value is -3.68. The van der Waals surface area contributed by atoms with Crippen molar-refractivity contribution in [3.63, 3.8) is 0 Å². The molecule has 0 saturated carbocycles. The van der Waals surface area contributed by atoms with E-state index in [2.05, 4.69) is 5.32 Å². The molecule has 144 valence electrons. The van der Waals surface area contributed by atoms with Gasteiger partial charge in [0.05, 0.1) is 13.2 Å². The highest BCUT2D eigenvalue weighted by atomic mass is 19.1. The van der Waals surface area contributed by atoms with Crippen molar-refractivity contribution in [2.24, 2.45) is 0 Å². The zero-order valence-electron chi connectivity index (χ0n) is 14.9. The van der Waals surface area contributed by atoms with Crippen molar-refractivity contribution >= 4 is 23.9 Å². The normalized spacial score (nSPS) is 15.7. The Morgan fingerprint density at radius 1 is 1.14 bits per heavy atom. The quantitative estimate of drug-likeness (QED) is 0.610. The molecule has 0 radical (unpaired) electrons. The van der Waals surface area contributed by atoms with Crippen LogP contribution >= 0.6 is 0 Å². The number of urea groups is 1. The molecule has 3 rings (SSSR count). The van der Waals surface area contributed by atoms with Gasteiger partial charge in [0.1, 0.15) is 11.4 Å². The molecule has 1 fully saturated rings. The van der Waals surface area contributed by atoms with Crippen LogP contribution in [-0.4, -0.2) is 34.5 Å². The van der Waals surface area contributed by atoms with Crippen LogP contribution < -0.4 is 10.1 Å². The Kier molecular flexibility index (Phi) is 5.39. The number of carbonyl (C=O) groups excluding carboxylic acids is 3. The molecule has 2 aromatic rings. The van der Waals surface area contributed by atoms with E-state index >= 15 is 0 Å². The minimum absolute atomic E-state index is 0.0727. The smallest absolute Gasteiger partial charge is 0.331 e. The fraction of sp³-hybridized carbons (Fsp3) is 0.150. The van der Waals surface area contributed by atoms with Gasteiger partial charge < -0.3 is 9.84 Å². The number of hydrogen-bond acceptors (Lipinski definition) is 5.